The van der Waals surface area contributed by atoms with E-state index in [1.165, 1.54) is 8.11 Å². The molecule has 0 atom stereocenters. The molecule has 0 nitrogen and oxygen atoms in total. The molecule has 0 rings (SSSR count). The first kappa shape index (κ1) is 16.3. The molecule has 2 radical (unpaired) electrons. The van der Waals surface area contributed by atoms with Crippen molar-refractivity contribution >= 4 is 49.4 Å². The molecule has 4 heavy (non-hydrogen) atoms. The molecule has 0 amide bonds. The topological polar surface area (TPSA) is 0 Å². The van der Waals surface area contributed by atoms with Crippen molar-refractivity contribution in [2.24, 2.45) is 0 Å². The van der Waals surface area contributed by atoms with Gasteiger partial charge in [0.25, 0.3) is 0 Å². The Balaban J connectivity index is -0.00000000500. The van der Waals surface area contributed by atoms with Crippen molar-refractivity contribution in [3.05, 3.63) is 0 Å². The van der Waals surface area contributed by atoms with Crippen LogP contribution >= 0.6 is 0 Å². The van der Waals surface area contributed by atoms with Gasteiger partial charge < -0.3 is 0 Å². The molecule has 0 bridgehead atoms. The monoisotopic (exact) mass is 231 g/mol. The van der Waals surface area contributed by atoms with Gasteiger partial charge in [0, 0.05) is 0 Å². The molecule has 0 aliphatic heterocycles. The van der Waals surface area contributed by atoms with Crippen molar-refractivity contribution in [1.82, 2.24) is 0 Å². The Morgan fingerprint density at radius 2 is 1.25 bits per heavy atom. The molecule has 0 fully saturated rings. The van der Waals surface area contributed by atoms with Crippen LogP contribution in [0.15, 0.2) is 0 Å². The van der Waals surface area contributed by atoms with E-state index >= 15 is 0 Å². The van der Waals surface area contributed by atoms with E-state index in [0.29, 0.717) is 0 Å². The van der Waals surface area contributed by atoms with Crippen molar-refractivity contribution in [3.8, 4) is 0 Å². The van der Waals surface area contributed by atoms with Crippen LogP contribution in [0.1, 0.15) is 0 Å². The summed E-state index contributed by atoms with van der Waals surface area (Å²) in [5, 5.41) is 0. The molecule has 23 valence electrons. The maximum absolute atomic E-state index is 2.14. The van der Waals surface area contributed by atoms with Crippen LogP contribution in [0, 0.1) is 0 Å². The molecule has 0 N–H and O–H groups in total. The van der Waals surface area contributed by atoms with E-state index < -0.39 is 0 Å². The first-order valence-electron chi connectivity index (χ1n) is 0.500. The quantitative estimate of drug-likeness (QED) is 0.382. The van der Waals surface area contributed by atoms with Crippen LogP contribution in [0.25, 0.3) is 0 Å². The van der Waals surface area contributed by atoms with Gasteiger partial charge in [-0.15, -0.1) is 0 Å². The first-order valence-corrected chi connectivity index (χ1v) is 6.18. The van der Waals surface area contributed by atoms with Gasteiger partial charge in [-0.25, -0.2) is 0 Å². The summed E-state index contributed by atoms with van der Waals surface area (Å²) in [7, 11) is 1.31. The summed E-state index contributed by atoms with van der Waals surface area (Å²) in [6.07, 6.45) is 0. The molecule has 4 heteroatoms. The molecule has 0 unspecified atom stereocenters. The van der Waals surface area contributed by atoms with Crippen LogP contribution in [0.4, 0.5) is 0 Å². The van der Waals surface area contributed by atoms with E-state index in [-0.39, 0.29) is 41.3 Å². The second-order valence-electron chi connectivity index (χ2n) is 0. The first-order chi connectivity index (χ1) is 1.00. The van der Waals surface area contributed by atoms with E-state index in [9.17, 15) is 0 Å². The zero-order valence-electron chi connectivity index (χ0n) is 2.21. The minimum atomic E-state index is 0. The van der Waals surface area contributed by atoms with E-state index in [1.54, 1.807) is 0 Å². The van der Waals surface area contributed by atoms with Gasteiger partial charge in [-0.1, -0.05) is 0 Å². The number of hydrogen-bond acceptors (Lipinski definition) is 0. The predicted molar refractivity (Wildman–Crippen MR) is 28.4 cm³/mol. The van der Waals surface area contributed by atoms with Crippen molar-refractivity contribution in [2.45, 2.75) is 0 Å². The third-order valence-electron chi connectivity index (χ3n) is 0. The molecule has 0 heterocycles. The number of hydrogen-bond donors (Lipinski definition) is 0. The fourth-order valence-electron chi connectivity index (χ4n) is 0. The van der Waals surface area contributed by atoms with Gasteiger partial charge >= 0.3 is 51.7 Å². The third kappa shape index (κ3) is 8.86. The van der Waals surface area contributed by atoms with Gasteiger partial charge in [-0.2, -0.15) is 0 Å². The Morgan fingerprint density at radius 1 is 1.25 bits per heavy atom. The summed E-state index contributed by atoms with van der Waals surface area (Å²) in [5.41, 5.74) is 0. The average Bonchev–Trinajstić information content (AvgIpc) is 1.00. The van der Waals surface area contributed by atoms with Gasteiger partial charge in [0.15, 0.2) is 17.4 Å². The summed E-state index contributed by atoms with van der Waals surface area (Å²) in [4.78, 5) is 0. The molecule has 0 aliphatic carbocycles. The fraction of sp³-hybridized carbons (Fsp3) is 0. The molecule has 0 aromatic heterocycles. The van der Waals surface area contributed by atoms with Crippen LogP contribution in [-0.4, -0.2) is 49.4 Å². The Hall–Kier alpha value is 2.26. The average molecular weight is 230 g/mol. The maximum atomic E-state index is 2.14. The van der Waals surface area contributed by atoms with Gasteiger partial charge in [-0.3, -0.25) is 0 Å². The molecule has 0 aromatic rings. The van der Waals surface area contributed by atoms with Crippen LogP contribution in [0.3, 0.4) is 0 Å². The van der Waals surface area contributed by atoms with Gasteiger partial charge in [-0.05, 0) is 0 Å². The Kier molecular flexibility index (Phi) is 76.1. The SMILES string of the molecule is [AlH3].[SiH3][Ti].[SnH2]. The predicted octanol–water partition coefficient (Wildman–Crippen LogP) is -3.29. The van der Waals surface area contributed by atoms with Gasteiger partial charge in [0.1, 0.15) is 0 Å². The fourth-order valence-corrected chi connectivity index (χ4v) is 0. The number of rotatable bonds is 0. The van der Waals surface area contributed by atoms with Gasteiger partial charge in [0.2, 0.25) is 0 Å². The Bertz CT molecular complexity index is 8.00. The molecular weight excluding hydrogens is 222 g/mol. The van der Waals surface area contributed by atoms with Crippen molar-refractivity contribution in [2.75, 3.05) is 0 Å². The minimum absolute atomic E-state index is 0. The van der Waals surface area contributed by atoms with Crippen molar-refractivity contribution in [1.29, 1.82) is 0 Å². The van der Waals surface area contributed by atoms with Gasteiger partial charge in [0.05, 0.1) is 0 Å². The summed E-state index contributed by atoms with van der Waals surface area (Å²) < 4.78 is 0. The second kappa shape index (κ2) is 18.7. The Morgan fingerprint density at radius 3 is 1.25 bits per heavy atom. The molecule has 0 aromatic carbocycles. The van der Waals surface area contributed by atoms with E-state index in [1.807, 2.05) is 0 Å². The molecule has 0 saturated heterocycles. The standard InChI is InChI=1S/Al.H3Si.Sn.Ti.5H/h;1H3;;;;;;;. The van der Waals surface area contributed by atoms with E-state index in [2.05, 4.69) is 19.7 Å². The molecular formula is H8AlSiSnTi. The van der Waals surface area contributed by atoms with Crippen molar-refractivity contribution in [3.63, 3.8) is 0 Å². The summed E-state index contributed by atoms with van der Waals surface area (Å²) in [6.45, 7) is 0. The molecule has 0 saturated carbocycles. The zero-order chi connectivity index (χ0) is 2.00. The van der Waals surface area contributed by atoms with E-state index in [0.717, 1.165) is 0 Å². The summed E-state index contributed by atoms with van der Waals surface area (Å²) in [5.74, 6) is 0. The zero-order valence-corrected chi connectivity index (χ0v) is 9.80. The van der Waals surface area contributed by atoms with Crippen LogP contribution in [0.5, 0.6) is 0 Å². The normalized spacial score (nSPS) is 1.75. The molecule has 0 spiro atoms. The molecule has 0 aliphatic rings. The summed E-state index contributed by atoms with van der Waals surface area (Å²) >= 11 is 2.14. The van der Waals surface area contributed by atoms with Crippen LogP contribution < -0.4 is 0 Å². The second-order valence-corrected chi connectivity index (χ2v) is 0. The van der Waals surface area contributed by atoms with Crippen LogP contribution in [0.2, 0.25) is 0 Å². The third-order valence-corrected chi connectivity index (χ3v) is 0. The van der Waals surface area contributed by atoms with E-state index in [4.69, 9.17) is 0 Å². The van der Waals surface area contributed by atoms with Crippen molar-refractivity contribution < 1.29 is 19.7 Å². The van der Waals surface area contributed by atoms with Crippen LogP contribution in [-0.2, 0) is 19.7 Å². The Labute approximate surface area is 68.2 Å². The summed E-state index contributed by atoms with van der Waals surface area (Å²) in [6, 6.07) is 0.